The molecular weight excluding hydrogens is 234 g/mol. The number of amides is 1. The standard InChI is InChI=1S/C13H23NO4/c1-9(15)17-11-8-6-7-10(11)14(5)12(16)18-13(2,3)4/h10-11H,6-8H2,1-5H3/t10-,11-/m1/s1. The average molecular weight is 257 g/mol. The van der Waals surface area contributed by atoms with Crippen LogP contribution in [0, 0.1) is 0 Å². The molecule has 0 heterocycles. The van der Waals surface area contributed by atoms with Gasteiger partial charge in [-0.3, -0.25) is 4.79 Å². The van der Waals surface area contributed by atoms with Crippen molar-refractivity contribution >= 4 is 12.1 Å². The lowest BCUT2D eigenvalue weighted by Gasteiger charge is -2.31. The zero-order valence-electron chi connectivity index (χ0n) is 11.9. The molecule has 104 valence electrons. The molecule has 18 heavy (non-hydrogen) atoms. The van der Waals surface area contributed by atoms with Gasteiger partial charge in [-0.25, -0.2) is 4.79 Å². The van der Waals surface area contributed by atoms with E-state index in [4.69, 9.17) is 9.47 Å². The van der Waals surface area contributed by atoms with Crippen LogP contribution in [0.15, 0.2) is 0 Å². The van der Waals surface area contributed by atoms with Crippen LogP contribution in [-0.2, 0) is 14.3 Å². The van der Waals surface area contributed by atoms with E-state index in [0.717, 1.165) is 19.3 Å². The number of carbonyl (C=O) groups excluding carboxylic acids is 2. The molecule has 1 rings (SSSR count). The van der Waals surface area contributed by atoms with Crippen LogP contribution >= 0.6 is 0 Å². The zero-order chi connectivity index (χ0) is 13.9. The van der Waals surface area contributed by atoms with Crippen molar-refractivity contribution in [2.75, 3.05) is 7.05 Å². The molecule has 0 radical (unpaired) electrons. The first-order valence-electron chi connectivity index (χ1n) is 6.34. The molecule has 0 aromatic heterocycles. The fraction of sp³-hybridized carbons (Fsp3) is 0.846. The summed E-state index contributed by atoms with van der Waals surface area (Å²) in [6.45, 7) is 6.88. The van der Waals surface area contributed by atoms with E-state index < -0.39 is 5.60 Å². The smallest absolute Gasteiger partial charge is 0.410 e. The summed E-state index contributed by atoms with van der Waals surface area (Å²) in [7, 11) is 1.69. The summed E-state index contributed by atoms with van der Waals surface area (Å²) in [5.41, 5.74) is -0.513. The number of hydrogen-bond donors (Lipinski definition) is 0. The molecule has 0 aliphatic heterocycles. The minimum absolute atomic E-state index is 0.0799. The molecular formula is C13H23NO4. The van der Waals surface area contributed by atoms with E-state index >= 15 is 0 Å². The highest BCUT2D eigenvalue weighted by atomic mass is 16.6. The van der Waals surface area contributed by atoms with Gasteiger partial charge in [-0.05, 0) is 40.0 Å². The van der Waals surface area contributed by atoms with Gasteiger partial charge in [0.25, 0.3) is 0 Å². The lowest BCUT2D eigenvalue weighted by atomic mass is 10.2. The van der Waals surface area contributed by atoms with Gasteiger partial charge >= 0.3 is 12.1 Å². The van der Waals surface area contributed by atoms with Gasteiger partial charge in [-0.15, -0.1) is 0 Å². The largest absolute Gasteiger partial charge is 0.460 e. The third-order valence-electron chi connectivity index (χ3n) is 2.91. The average Bonchev–Trinajstić information content (AvgIpc) is 2.60. The Morgan fingerprint density at radius 2 is 1.83 bits per heavy atom. The fourth-order valence-electron chi connectivity index (χ4n) is 2.17. The van der Waals surface area contributed by atoms with Gasteiger partial charge in [-0.2, -0.15) is 0 Å². The van der Waals surface area contributed by atoms with Gasteiger partial charge in [0.15, 0.2) is 0 Å². The van der Waals surface area contributed by atoms with Crippen LogP contribution in [-0.4, -0.2) is 41.8 Å². The summed E-state index contributed by atoms with van der Waals surface area (Å²) in [4.78, 5) is 24.5. The predicted octanol–water partition coefficient (Wildman–Crippen LogP) is 2.34. The topological polar surface area (TPSA) is 55.8 Å². The monoisotopic (exact) mass is 257 g/mol. The number of rotatable bonds is 2. The maximum absolute atomic E-state index is 11.9. The van der Waals surface area contributed by atoms with Crippen LogP contribution in [0.3, 0.4) is 0 Å². The molecule has 5 nitrogen and oxygen atoms in total. The first-order valence-corrected chi connectivity index (χ1v) is 6.34. The summed E-state index contributed by atoms with van der Waals surface area (Å²) in [6.07, 6.45) is 2.02. The molecule has 0 unspecified atom stereocenters. The van der Waals surface area contributed by atoms with E-state index in [0.29, 0.717) is 0 Å². The van der Waals surface area contributed by atoms with Crippen molar-refractivity contribution in [2.45, 2.75) is 64.7 Å². The van der Waals surface area contributed by atoms with Crippen molar-refractivity contribution in [2.24, 2.45) is 0 Å². The predicted molar refractivity (Wildman–Crippen MR) is 67.2 cm³/mol. The van der Waals surface area contributed by atoms with Gasteiger partial charge in [0.2, 0.25) is 0 Å². The number of nitrogens with zero attached hydrogens (tertiary/aromatic N) is 1. The molecule has 2 atom stereocenters. The van der Waals surface area contributed by atoms with Gasteiger partial charge in [0, 0.05) is 14.0 Å². The molecule has 0 bridgehead atoms. The second-order valence-electron chi connectivity index (χ2n) is 5.74. The van der Waals surface area contributed by atoms with Crippen molar-refractivity contribution in [1.29, 1.82) is 0 Å². The quantitative estimate of drug-likeness (QED) is 0.712. The Hall–Kier alpha value is -1.26. The Kier molecular flexibility index (Phi) is 4.59. The minimum atomic E-state index is -0.513. The van der Waals surface area contributed by atoms with E-state index in [1.807, 2.05) is 20.8 Å². The summed E-state index contributed by atoms with van der Waals surface area (Å²) in [5.74, 6) is -0.301. The fourth-order valence-corrected chi connectivity index (χ4v) is 2.17. The second-order valence-corrected chi connectivity index (χ2v) is 5.74. The van der Waals surface area contributed by atoms with Crippen LogP contribution < -0.4 is 0 Å². The molecule has 0 spiro atoms. The van der Waals surface area contributed by atoms with Gasteiger partial charge < -0.3 is 14.4 Å². The molecule has 1 amide bonds. The van der Waals surface area contributed by atoms with Crippen LogP contribution in [0.4, 0.5) is 4.79 Å². The molecule has 0 aromatic rings. The highest BCUT2D eigenvalue weighted by molar-refractivity contribution is 5.69. The maximum atomic E-state index is 11.9. The lowest BCUT2D eigenvalue weighted by molar-refractivity contribution is -0.148. The Morgan fingerprint density at radius 3 is 2.33 bits per heavy atom. The summed E-state index contributed by atoms with van der Waals surface area (Å²) < 4.78 is 10.5. The number of carbonyl (C=O) groups is 2. The maximum Gasteiger partial charge on any atom is 0.410 e. The van der Waals surface area contributed by atoms with Crippen molar-refractivity contribution in [3.63, 3.8) is 0 Å². The molecule has 1 saturated carbocycles. The first-order chi connectivity index (χ1) is 8.20. The zero-order valence-corrected chi connectivity index (χ0v) is 11.9. The van der Waals surface area contributed by atoms with Crippen LogP contribution in [0.5, 0.6) is 0 Å². The molecule has 5 heteroatoms. The van der Waals surface area contributed by atoms with Gasteiger partial charge in [-0.1, -0.05) is 0 Å². The SMILES string of the molecule is CC(=O)O[C@@H]1CCC[C@H]1N(C)C(=O)OC(C)(C)C. The highest BCUT2D eigenvalue weighted by Gasteiger charge is 2.36. The van der Waals surface area contributed by atoms with E-state index in [9.17, 15) is 9.59 Å². The second kappa shape index (κ2) is 5.59. The molecule has 0 aromatic carbocycles. The van der Waals surface area contributed by atoms with Crippen molar-refractivity contribution < 1.29 is 19.1 Å². The number of likely N-dealkylation sites (N-methyl/N-ethyl adjacent to an activating group) is 1. The number of ether oxygens (including phenoxy) is 2. The van der Waals surface area contributed by atoms with Crippen LogP contribution in [0.1, 0.15) is 47.0 Å². The summed E-state index contributed by atoms with van der Waals surface area (Å²) in [5, 5.41) is 0. The lowest BCUT2D eigenvalue weighted by Crippen LogP contribution is -2.45. The summed E-state index contributed by atoms with van der Waals surface area (Å²) in [6, 6.07) is -0.0799. The van der Waals surface area contributed by atoms with Gasteiger partial charge in [0.05, 0.1) is 6.04 Å². The van der Waals surface area contributed by atoms with Crippen LogP contribution in [0.25, 0.3) is 0 Å². The molecule has 1 fully saturated rings. The number of esters is 1. The highest BCUT2D eigenvalue weighted by Crippen LogP contribution is 2.27. The van der Waals surface area contributed by atoms with E-state index in [1.165, 1.54) is 6.92 Å². The third-order valence-corrected chi connectivity index (χ3v) is 2.91. The number of hydrogen-bond acceptors (Lipinski definition) is 4. The van der Waals surface area contributed by atoms with E-state index in [-0.39, 0.29) is 24.2 Å². The minimum Gasteiger partial charge on any atom is -0.460 e. The Labute approximate surface area is 108 Å². The van der Waals surface area contributed by atoms with Crippen molar-refractivity contribution in [3.8, 4) is 0 Å². The van der Waals surface area contributed by atoms with Crippen molar-refractivity contribution in [3.05, 3.63) is 0 Å². The van der Waals surface area contributed by atoms with E-state index in [1.54, 1.807) is 11.9 Å². The molecule has 0 saturated heterocycles. The first kappa shape index (κ1) is 14.8. The molecule has 1 aliphatic carbocycles. The Morgan fingerprint density at radius 1 is 1.22 bits per heavy atom. The van der Waals surface area contributed by atoms with E-state index in [2.05, 4.69) is 0 Å². The van der Waals surface area contributed by atoms with Gasteiger partial charge in [0.1, 0.15) is 11.7 Å². The Balaban J connectivity index is 2.62. The summed E-state index contributed by atoms with van der Waals surface area (Å²) >= 11 is 0. The molecule has 0 N–H and O–H groups in total. The Bertz CT molecular complexity index is 321. The molecule has 1 aliphatic rings. The van der Waals surface area contributed by atoms with Crippen LogP contribution in [0.2, 0.25) is 0 Å². The normalized spacial score (nSPS) is 23.6. The van der Waals surface area contributed by atoms with Crippen molar-refractivity contribution in [1.82, 2.24) is 4.90 Å². The third kappa shape index (κ3) is 4.20.